The number of amides is 2. The zero-order valence-corrected chi connectivity index (χ0v) is 22.7. The summed E-state index contributed by atoms with van der Waals surface area (Å²) in [5.41, 5.74) is 2.80. The Morgan fingerprint density at radius 1 is 0.895 bits per heavy atom. The minimum absolute atomic E-state index is 0.00978. The fraction of sp³-hybridized carbons (Fsp3) is 0.400. The number of nitrogens with zero attached hydrogens (tertiary/aromatic N) is 5. The van der Waals surface area contributed by atoms with Crippen LogP contribution in [0.2, 0.25) is 0 Å². The van der Waals surface area contributed by atoms with Crippen molar-refractivity contribution in [3.63, 3.8) is 0 Å². The van der Waals surface area contributed by atoms with Crippen molar-refractivity contribution in [2.24, 2.45) is 5.92 Å². The van der Waals surface area contributed by atoms with Gasteiger partial charge in [-0.3, -0.25) is 9.59 Å². The Hall–Kier alpha value is -3.94. The quantitative estimate of drug-likeness (QED) is 0.419. The van der Waals surface area contributed by atoms with Gasteiger partial charge < -0.3 is 19.4 Å². The maximum Gasteiger partial charge on any atom is 0.242 e. The summed E-state index contributed by atoms with van der Waals surface area (Å²) < 4.78 is 5.22. The van der Waals surface area contributed by atoms with E-state index in [9.17, 15) is 9.59 Å². The molecule has 2 amide bonds. The lowest BCUT2D eigenvalue weighted by atomic mass is 10.0. The molecule has 2 heterocycles. The Balaban J connectivity index is 1.36. The van der Waals surface area contributed by atoms with Crippen molar-refractivity contribution in [1.29, 1.82) is 0 Å². The molecule has 1 aliphatic rings. The molecule has 1 atom stereocenters. The van der Waals surface area contributed by atoms with E-state index in [4.69, 9.17) is 4.74 Å². The van der Waals surface area contributed by atoms with Crippen molar-refractivity contribution < 1.29 is 14.3 Å². The predicted molar refractivity (Wildman–Crippen MR) is 149 cm³/mol. The molecule has 1 aromatic heterocycles. The van der Waals surface area contributed by atoms with Crippen LogP contribution in [0.3, 0.4) is 0 Å². The van der Waals surface area contributed by atoms with Gasteiger partial charge in [0.25, 0.3) is 0 Å². The van der Waals surface area contributed by atoms with Crippen LogP contribution in [-0.4, -0.2) is 71.6 Å². The molecule has 0 spiro atoms. The smallest absolute Gasteiger partial charge is 0.242 e. The van der Waals surface area contributed by atoms with Gasteiger partial charge in [-0.05, 0) is 54.8 Å². The number of methoxy groups -OCH3 is 1. The molecule has 1 fully saturated rings. The van der Waals surface area contributed by atoms with E-state index in [0.717, 1.165) is 28.4 Å². The van der Waals surface area contributed by atoms with Gasteiger partial charge in [-0.25, -0.2) is 0 Å². The number of rotatable bonds is 9. The molecule has 1 aliphatic heterocycles. The Morgan fingerprint density at radius 3 is 2.16 bits per heavy atom. The molecule has 4 rings (SSSR count). The minimum atomic E-state index is -0.174. The molecular formula is C30H37N5O3. The Morgan fingerprint density at radius 2 is 1.58 bits per heavy atom. The van der Waals surface area contributed by atoms with E-state index in [1.807, 2.05) is 92.4 Å². The van der Waals surface area contributed by atoms with Crippen LogP contribution >= 0.6 is 0 Å². The molecule has 0 unspecified atom stereocenters. The van der Waals surface area contributed by atoms with Crippen molar-refractivity contribution in [2.75, 3.05) is 44.7 Å². The molecule has 8 nitrogen and oxygen atoms in total. The van der Waals surface area contributed by atoms with Gasteiger partial charge in [0, 0.05) is 38.2 Å². The monoisotopic (exact) mass is 515 g/mol. The van der Waals surface area contributed by atoms with Gasteiger partial charge in [0.05, 0.1) is 18.8 Å². The number of aromatic nitrogens is 2. The van der Waals surface area contributed by atoms with Gasteiger partial charge in [0.2, 0.25) is 11.8 Å². The van der Waals surface area contributed by atoms with Crippen LogP contribution in [0.15, 0.2) is 66.7 Å². The summed E-state index contributed by atoms with van der Waals surface area (Å²) in [5.74, 6) is 1.80. The number of ether oxygens (including phenoxy) is 1. The van der Waals surface area contributed by atoms with E-state index in [1.165, 1.54) is 0 Å². The highest BCUT2D eigenvalue weighted by molar-refractivity contribution is 5.85. The third-order valence-electron chi connectivity index (χ3n) is 6.95. The second kappa shape index (κ2) is 12.5. The van der Waals surface area contributed by atoms with E-state index in [-0.39, 0.29) is 30.3 Å². The minimum Gasteiger partial charge on any atom is -0.497 e. The summed E-state index contributed by atoms with van der Waals surface area (Å²) in [7, 11) is 1.64. The molecule has 0 N–H and O–H groups in total. The standard InChI is InChI=1S/C30H37N5O3/c1-22(2)20-29(36)35(23(3)24-8-6-5-7-9-24)21-30(37)34-18-16-33(17-19-34)28-15-14-27(31-32-28)25-10-12-26(38-4)13-11-25/h5-15,22-23H,16-21H2,1-4H3/t23-/m0/s1. The average molecular weight is 516 g/mol. The lowest BCUT2D eigenvalue weighted by Crippen LogP contribution is -2.52. The van der Waals surface area contributed by atoms with Crippen molar-refractivity contribution in [3.8, 4) is 17.0 Å². The van der Waals surface area contributed by atoms with Crippen molar-refractivity contribution in [2.45, 2.75) is 33.2 Å². The Bertz CT molecular complexity index is 1190. The molecule has 0 saturated carbocycles. The molecule has 0 aliphatic carbocycles. The topological polar surface area (TPSA) is 78.9 Å². The van der Waals surface area contributed by atoms with E-state index < -0.39 is 0 Å². The Kier molecular flexibility index (Phi) is 8.94. The molecular weight excluding hydrogens is 478 g/mol. The highest BCUT2D eigenvalue weighted by atomic mass is 16.5. The number of carbonyl (C=O) groups excluding carboxylic acids is 2. The summed E-state index contributed by atoms with van der Waals surface area (Å²) in [4.78, 5) is 32.1. The summed E-state index contributed by atoms with van der Waals surface area (Å²) in [6.45, 7) is 8.60. The zero-order valence-electron chi connectivity index (χ0n) is 22.7. The second-order valence-electron chi connectivity index (χ2n) is 10.1. The van der Waals surface area contributed by atoms with Gasteiger partial charge in [-0.15, -0.1) is 10.2 Å². The van der Waals surface area contributed by atoms with Crippen molar-refractivity contribution in [1.82, 2.24) is 20.0 Å². The molecule has 8 heteroatoms. The highest BCUT2D eigenvalue weighted by Gasteiger charge is 2.28. The Labute approximate surface area is 225 Å². The van der Waals surface area contributed by atoms with Gasteiger partial charge >= 0.3 is 0 Å². The SMILES string of the molecule is COc1ccc(-c2ccc(N3CCN(C(=O)CN(C(=O)CC(C)C)[C@@H](C)c4ccccc4)CC3)nn2)cc1. The van der Waals surface area contributed by atoms with E-state index >= 15 is 0 Å². The first-order valence-electron chi connectivity index (χ1n) is 13.2. The maximum absolute atomic E-state index is 13.3. The molecule has 0 bridgehead atoms. The normalized spacial score (nSPS) is 14.3. The first-order chi connectivity index (χ1) is 18.4. The van der Waals surface area contributed by atoms with Crippen LogP contribution in [0.25, 0.3) is 11.3 Å². The van der Waals surface area contributed by atoms with Crippen molar-refractivity contribution >= 4 is 17.6 Å². The zero-order chi connectivity index (χ0) is 27.1. The lowest BCUT2D eigenvalue weighted by molar-refractivity contribution is -0.143. The number of hydrogen-bond donors (Lipinski definition) is 0. The van der Waals surface area contributed by atoms with Crippen LogP contribution in [-0.2, 0) is 9.59 Å². The fourth-order valence-corrected chi connectivity index (χ4v) is 4.66. The lowest BCUT2D eigenvalue weighted by Gasteiger charge is -2.37. The molecule has 2 aromatic carbocycles. The first-order valence-corrected chi connectivity index (χ1v) is 13.2. The van der Waals surface area contributed by atoms with Crippen LogP contribution in [0.5, 0.6) is 5.75 Å². The maximum atomic E-state index is 13.3. The van der Waals surface area contributed by atoms with Gasteiger partial charge in [-0.1, -0.05) is 44.2 Å². The summed E-state index contributed by atoms with van der Waals surface area (Å²) in [6, 6.07) is 21.4. The van der Waals surface area contributed by atoms with Crippen LogP contribution in [0.1, 0.15) is 38.8 Å². The number of carbonyl (C=O) groups is 2. The summed E-state index contributed by atoms with van der Waals surface area (Å²) >= 11 is 0. The average Bonchev–Trinajstić information content (AvgIpc) is 2.95. The third-order valence-corrected chi connectivity index (χ3v) is 6.95. The molecule has 0 radical (unpaired) electrons. The molecule has 200 valence electrons. The predicted octanol–water partition coefficient (Wildman–Crippen LogP) is 4.44. The fourth-order valence-electron chi connectivity index (χ4n) is 4.66. The number of anilines is 1. The highest BCUT2D eigenvalue weighted by Crippen LogP contribution is 2.24. The molecule has 38 heavy (non-hydrogen) atoms. The van der Waals surface area contributed by atoms with Gasteiger partial charge in [0.15, 0.2) is 5.82 Å². The summed E-state index contributed by atoms with van der Waals surface area (Å²) in [5, 5.41) is 8.84. The molecule has 1 saturated heterocycles. The number of hydrogen-bond acceptors (Lipinski definition) is 6. The van der Waals surface area contributed by atoms with Crippen LogP contribution in [0.4, 0.5) is 5.82 Å². The van der Waals surface area contributed by atoms with Gasteiger partial charge in [0.1, 0.15) is 12.3 Å². The number of benzene rings is 2. The largest absolute Gasteiger partial charge is 0.497 e. The third kappa shape index (κ3) is 6.68. The molecule has 3 aromatic rings. The second-order valence-corrected chi connectivity index (χ2v) is 10.1. The summed E-state index contributed by atoms with van der Waals surface area (Å²) in [6.07, 6.45) is 0.420. The van der Waals surface area contributed by atoms with Crippen LogP contribution in [0, 0.1) is 5.92 Å². The van der Waals surface area contributed by atoms with E-state index in [2.05, 4.69) is 15.1 Å². The van der Waals surface area contributed by atoms with E-state index in [0.29, 0.717) is 32.6 Å². The first kappa shape index (κ1) is 27.1. The van der Waals surface area contributed by atoms with Crippen molar-refractivity contribution in [3.05, 3.63) is 72.3 Å². The van der Waals surface area contributed by atoms with E-state index in [1.54, 1.807) is 12.0 Å². The van der Waals surface area contributed by atoms with Gasteiger partial charge in [-0.2, -0.15) is 0 Å². The van der Waals surface area contributed by atoms with Crippen LogP contribution < -0.4 is 9.64 Å². The number of piperazine rings is 1.